The molecular weight excluding hydrogens is 152 g/mol. The summed E-state index contributed by atoms with van der Waals surface area (Å²) < 4.78 is 0. The maximum absolute atomic E-state index is 11.1. The summed E-state index contributed by atoms with van der Waals surface area (Å²) in [4.78, 5) is 11.1. The van der Waals surface area contributed by atoms with E-state index in [1.807, 2.05) is 6.92 Å². The van der Waals surface area contributed by atoms with Gasteiger partial charge in [0.15, 0.2) is 0 Å². The number of carbonyl (C=O) groups excluding carboxylic acids is 1. The van der Waals surface area contributed by atoms with Crippen molar-refractivity contribution in [3.05, 3.63) is 0 Å². The molecule has 0 saturated heterocycles. The quantitative estimate of drug-likeness (QED) is 0.636. The molecule has 12 heavy (non-hydrogen) atoms. The van der Waals surface area contributed by atoms with Crippen molar-refractivity contribution in [2.24, 2.45) is 11.7 Å². The zero-order valence-electron chi connectivity index (χ0n) is 7.68. The van der Waals surface area contributed by atoms with Crippen LogP contribution in [0.2, 0.25) is 0 Å². The van der Waals surface area contributed by atoms with E-state index in [0.717, 1.165) is 25.3 Å². The highest BCUT2D eigenvalue weighted by molar-refractivity contribution is 5.81. The van der Waals surface area contributed by atoms with E-state index >= 15 is 0 Å². The minimum absolute atomic E-state index is 0.00171. The van der Waals surface area contributed by atoms with E-state index in [-0.39, 0.29) is 11.9 Å². The molecule has 1 aliphatic carbocycles. The zero-order valence-corrected chi connectivity index (χ0v) is 7.68. The van der Waals surface area contributed by atoms with E-state index in [4.69, 9.17) is 5.73 Å². The molecule has 0 aromatic heterocycles. The molecule has 1 saturated carbocycles. The molecule has 0 aromatic rings. The molecule has 1 aliphatic rings. The molecule has 1 fully saturated rings. The van der Waals surface area contributed by atoms with Gasteiger partial charge in [0.25, 0.3) is 0 Å². The largest absolute Gasteiger partial charge is 0.355 e. The molecule has 0 radical (unpaired) electrons. The van der Waals surface area contributed by atoms with Crippen molar-refractivity contribution in [1.29, 1.82) is 0 Å². The smallest absolute Gasteiger partial charge is 0.236 e. The maximum Gasteiger partial charge on any atom is 0.236 e. The summed E-state index contributed by atoms with van der Waals surface area (Å²) >= 11 is 0. The summed E-state index contributed by atoms with van der Waals surface area (Å²) in [5, 5.41) is 2.84. The van der Waals surface area contributed by atoms with Crippen LogP contribution in [0.5, 0.6) is 0 Å². The van der Waals surface area contributed by atoms with Crippen LogP contribution in [-0.4, -0.2) is 18.5 Å². The molecule has 0 unspecified atom stereocenters. The van der Waals surface area contributed by atoms with Gasteiger partial charge < -0.3 is 11.1 Å². The van der Waals surface area contributed by atoms with Crippen LogP contribution in [0.1, 0.15) is 32.6 Å². The van der Waals surface area contributed by atoms with Gasteiger partial charge in [0.1, 0.15) is 0 Å². The number of carbonyl (C=O) groups is 1. The van der Waals surface area contributed by atoms with E-state index in [1.54, 1.807) is 0 Å². The van der Waals surface area contributed by atoms with Gasteiger partial charge >= 0.3 is 0 Å². The summed E-state index contributed by atoms with van der Waals surface area (Å²) in [5.74, 6) is 0.876. The average molecular weight is 170 g/mol. The van der Waals surface area contributed by atoms with Crippen molar-refractivity contribution < 1.29 is 4.79 Å². The summed E-state index contributed by atoms with van der Waals surface area (Å²) in [6.07, 6.45) is 4.53. The second-order valence-corrected chi connectivity index (χ2v) is 3.54. The third-order valence-corrected chi connectivity index (χ3v) is 2.33. The minimum atomic E-state index is -0.316. The number of hydrogen-bond donors (Lipinski definition) is 2. The van der Waals surface area contributed by atoms with Gasteiger partial charge in [0, 0.05) is 6.54 Å². The first kappa shape index (κ1) is 9.52. The molecule has 1 rings (SSSR count). The Hall–Kier alpha value is -0.570. The van der Waals surface area contributed by atoms with Crippen molar-refractivity contribution in [2.75, 3.05) is 6.54 Å². The fourth-order valence-electron chi connectivity index (χ4n) is 1.12. The van der Waals surface area contributed by atoms with Gasteiger partial charge in [0.2, 0.25) is 5.91 Å². The fraction of sp³-hybridized carbons (Fsp3) is 0.889. The van der Waals surface area contributed by atoms with E-state index < -0.39 is 0 Å². The molecule has 3 N–H and O–H groups in total. The second kappa shape index (κ2) is 4.45. The summed E-state index contributed by atoms with van der Waals surface area (Å²) in [7, 11) is 0. The van der Waals surface area contributed by atoms with Crippen LogP contribution >= 0.6 is 0 Å². The van der Waals surface area contributed by atoms with Crippen molar-refractivity contribution in [3.63, 3.8) is 0 Å². The summed E-state index contributed by atoms with van der Waals surface area (Å²) in [5.41, 5.74) is 5.54. The molecule has 3 nitrogen and oxygen atoms in total. The molecule has 0 aromatic carbocycles. The summed E-state index contributed by atoms with van der Waals surface area (Å²) in [6, 6.07) is -0.316. The van der Waals surface area contributed by atoms with Crippen LogP contribution in [0.15, 0.2) is 0 Å². The fourth-order valence-corrected chi connectivity index (χ4v) is 1.12. The number of rotatable bonds is 5. The van der Waals surface area contributed by atoms with Gasteiger partial charge in [0.05, 0.1) is 6.04 Å². The van der Waals surface area contributed by atoms with Crippen LogP contribution in [0, 0.1) is 5.92 Å². The highest BCUT2D eigenvalue weighted by Crippen LogP contribution is 2.31. The Bertz CT molecular complexity index is 155. The molecule has 0 aliphatic heterocycles. The van der Waals surface area contributed by atoms with Crippen molar-refractivity contribution in [3.8, 4) is 0 Å². The van der Waals surface area contributed by atoms with Gasteiger partial charge in [-0.25, -0.2) is 0 Å². The van der Waals surface area contributed by atoms with Gasteiger partial charge in [-0.05, 0) is 18.8 Å². The Balaban J connectivity index is 2.00. The minimum Gasteiger partial charge on any atom is -0.355 e. The normalized spacial score (nSPS) is 18.8. The number of hydrogen-bond acceptors (Lipinski definition) is 2. The number of nitrogens with one attached hydrogen (secondary N) is 1. The third kappa shape index (κ3) is 3.22. The number of amides is 1. The lowest BCUT2D eigenvalue weighted by atomic mass is 10.2. The van der Waals surface area contributed by atoms with E-state index in [9.17, 15) is 4.79 Å². The Labute approximate surface area is 73.7 Å². The molecule has 0 bridgehead atoms. The van der Waals surface area contributed by atoms with E-state index in [0.29, 0.717) is 0 Å². The SMILES string of the molecule is CC[C@@H](N)C(=O)NCCC1CC1. The van der Waals surface area contributed by atoms with Crippen molar-refractivity contribution in [2.45, 2.75) is 38.6 Å². The van der Waals surface area contributed by atoms with Crippen LogP contribution in [0.25, 0.3) is 0 Å². The van der Waals surface area contributed by atoms with E-state index in [2.05, 4.69) is 5.32 Å². The molecule has 70 valence electrons. The van der Waals surface area contributed by atoms with Crippen molar-refractivity contribution >= 4 is 5.91 Å². The highest BCUT2D eigenvalue weighted by Gasteiger charge is 2.20. The van der Waals surface area contributed by atoms with Crippen LogP contribution < -0.4 is 11.1 Å². The monoisotopic (exact) mass is 170 g/mol. The molecule has 0 heterocycles. The first-order valence-electron chi connectivity index (χ1n) is 4.77. The number of nitrogens with two attached hydrogens (primary N) is 1. The van der Waals surface area contributed by atoms with Gasteiger partial charge in [-0.15, -0.1) is 0 Å². The lowest BCUT2D eigenvalue weighted by Gasteiger charge is -2.08. The average Bonchev–Trinajstić information content (AvgIpc) is 2.86. The molecule has 1 amide bonds. The van der Waals surface area contributed by atoms with E-state index in [1.165, 1.54) is 12.8 Å². The van der Waals surface area contributed by atoms with Crippen molar-refractivity contribution in [1.82, 2.24) is 5.32 Å². The van der Waals surface area contributed by atoms with Crippen LogP contribution in [-0.2, 0) is 4.79 Å². The lowest BCUT2D eigenvalue weighted by Crippen LogP contribution is -2.40. The predicted molar refractivity (Wildman–Crippen MR) is 48.6 cm³/mol. The second-order valence-electron chi connectivity index (χ2n) is 3.54. The third-order valence-electron chi connectivity index (χ3n) is 2.33. The lowest BCUT2D eigenvalue weighted by molar-refractivity contribution is -0.122. The summed E-state index contributed by atoms with van der Waals surface area (Å²) in [6.45, 7) is 2.72. The molecule has 3 heteroatoms. The maximum atomic E-state index is 11.1. The molecule has 1 atom stereocenters. The molecule has 0 spiro atoms. The Kier molecular flexibility index (Phi) is 3.53. The Morgan fingerprint density at radius 3 is 2.83 bits per heavy atom. The Morgan fingerprint density at radius 2 is 2.33 bits per heavy atom. The van der Waals surface area contributed by atoms with Crippen LogP contribution in [0.3, 0.4) is 0 Å². The van der Waals surface area contributed by atoms with Gasteiger partial charge in [-0.3, -0.25) is 4.79 Å². The first-order chi connectivity index (χ1) is 5.74. The Morgan fingerprint density at radius 1 is 1.67 bits per heavy atom. The predicted octanol–water partition coefficient (Wildman–Crippen LogP) is 0.640. The highest BCUT2D eigenvalue weighted by atomic mass is 16.2. The molecular formula is C9H18N2O. The van der Waals surface area contributed by atoms with Gasteiger partial charge in [-0.1, -0.05) is 19.8 Å². The zero-order chi connectivity index (χ0) is 8.97. The topological polar surface area (TPSA) is 55.1 Å². The van der Waals surface area contributed by atoms with Gasteiger partial charge in [-0.2, -0.15) is 0 Å². The van der Waals surface area contributed by atoms with Crippen LogP contribution in [0.4, 0.5) is 0 Å². The first-order valence-corrected chi connectivity index (χ1v) is 4.77. The standard InChI is InChI=1S/C9H18N2O/c1-2-8(10)9(12)11-6-5-7-3-4-7/h7-8H,2-6,10H2,1H3,(H,11,12)/t8-/m1/s1.